The highest BCUT2D eigenvalue weighted by molar-refractivity contribution is 7.71. The fourth-order valence-corrected chi connectivity index (χ4v) is 2.74. The normalized spacial score (nSPS) is 10.5. The molecule has 2 aromatic rings. The van der Waals surface area contributed by atoms with E-state index in [4.69, 9.17) is 21.7 Å². The molecule has 0 aliphatic heterocycles. The average molecular weight is 345 g/mol. The number of esters is 1. The van der Waals surface area contributed by atoms with Gasteiger partial charge in [0.05, 0.1) is 18.7 Å². The molecule has 24 heavy (non-hydrogen) atoms. The van der Waals surface area contributed by atoms with Gasteiger partial charge in [-0.05, 0) is 18.6 Å². The van der Waals surface area contributed by atoms with E-state index >= 15 is 0 Å². The number of rotatable bonds is 9. The molecule has 0 radical (unpaired) electrons. The highest BCUT2D eigenvalue weighted by atomic mass is 32.1. The first-order valence-corrected chi connectivity index (χ1v) is 8.62. The predicted octanol–water partition coefficient (Wildman–Crippen LogP) is 4.67. The molecule has 1 aromatic carbocycles. The van der Waals surface area contributed by atoms with Gasteiger partial charge in [-0.2, -0.15) is 0 Å². The standard InChI is InChI=1S/C19H23NO3S/c1-3-5-11-20-16-10-7-6-9-15(16)17(14-18(20)24)22-12-8-13-23-19(21)4-2/h4,6-7,9-10,14H,2-3,5,8,11-13H2,1H3. The highest BCUT2D eigenvalue weighted by Crippen LogP contribution is 2.27. The van der Waals surface area contributed by atoms with Crippen molar-refractivity contribution in [2.45, 2.75) is 32.7 Å². The minimum atomic E-state index is -0.412. The van der Waals surface area contributed by atoms with Gasteiger partial charge in [0.15, 0.2) is 0 Å². The van der Waals surface area contributed by atoms with Crippen LogP contribution in [0.1, 0.15) is 26.2 Å². The van der Waals surface area contributed by atoms with E-state index in [1.165, 1.54) is 0 Å². The molecule has 1 aromatic heterocycles. The zero-order valence-electron chi connectivity index (χ0n) is 14.0. The molecule has 0 aliphatic rings. The zero-order valence-corrected chi connectivity index (χ0v) is 14.8. The van der Waals surface area contributed by atoms with Crippen molar-refractivity contribution in [1.82, 2.24) is 4.57 Å². The van der Waals surface area contributed by atoms with E-state index in [-0.39, 0.29) is 0 Å². The van der Waals surface area contributed by atoms with Gasteiger partial charge < -0.3 is 14.0 Å². The summed E-state index contributed by atoms with van der Waals surface area (Å²) in [5, 5.41) is 1.05. The summed E-state index contributed by atoms with van der Waals surface area (Å²) in [7, 11) is 0. The highest BCUT2D eigenvalue weighted by Gasteiger charge is 2.07. The lowest BCUT2D eigenvalue weighted by Crippen LogP contribution is -2.08. The number of carbonyl (C=O) groups excluding carboxylic acids is 1. The van der Waals surface area contributed by atoms with E-state index in [0.717, 1.165) is 46.8 Å². The van der Waals surface area contributed by atoms with Gasteiger partial charge in [0.1, 0.15) is 10.4 Å². The van der Waals surface area contributed by atoms with Crippen molar-refractivity contribution < 1.29 is 14.3 Å². The number of ether oxygens (including phenoxy) is 2. The number of aromatic nitrogens is 1. The molecule has 0 N–H and O–H groups in total. The Balaban J connectivity index is 2.12. The molecule has 5 heteroatoms. The van der Waals surface area contributed by atoms with Crippen LogP contribution in [0.2, 0.25) is 0 Å². The lowest BCUT2D eigenvalue weighted by molar-refractivity contribution is -0.137. The van der Waals surface area contributed by atoms with Crippen LogP contribution in [0.3, 0.4) is 0 Å². The van der Waals surface area contributed by atoms with E-state index in [9.17, 15) is 4.79 Å². The Morgan fingerprint density at radius 2 is 2.08 bits per heavy atom. The van der Waals surface area contributed by atoms with E-state index in [1.54, 1.807) is 0 Å². The number of carbonyl (C=O) groups is 1. The monoisotopic (exact) mass is 345 g/mol. The first-order chi connectivity index (χ1) is 11.7. The second-order valence-electron chi connectivity index (χ2n) is 5.44. The molecule has 128 valence electrons. The molecule has 0 saturated carbocycles. The topological polar surface area (TPSA) is 40.5 Å². The van der Waals surface area contributed by atoms with E-state index in [2.05, 4.69) is 24.1 Å². The predicted molar refractivity (Wildman–Crippen MR) is 98.9 cm³/mol. The Bertz CT molecular complexity index is 767. The molecule has 0 atom stereocenters. The maximum absolute atomic E-state index is 11.0. The first-order valence-electron chi connectivity index (χ1n) is 8.22. The smallest absolute Gasteiger partial charge is 0.330 e. The third-order valence-electron chi connectivity index (χ3n) is 3.67. The Kier molecular flexibility index (Phi) is 7.00. The molecule has 0 unspecified atom stereocenters. The molecular weight excluding hydrogens is 322 g/mol. The summed E-state index contributed by atoms with van der Waals surface area (Å²) in [5.41, 5.74) is 1.09. The van der Waals surface area contributed by atoms with Gasteiger partial charge in [-0.3, -0.25) is 0 Å². The Morgan fingerprint density at radius 3 is 2.83 bits per heavy atom. The fraction of sp³-hybridized carbons (Fsp3) is 0.368. The minimum Gasteiger partial charge on any atom is -0.493 e. The van der Waals surface area contributed by atoms with Crippen molar-refractivity contribution >= 4 is 29.1 Å². The van der Waals surface area contributed by atoms with Crippen LogP contribution in [-0.4, -0.2) is 23.8 Å². The van der Waals surface area contributed by atoms with Gasteiger partial charge in [-0.1, -0.05) is 44.3 Å². The minimum absolute atomic E-state index is 0.312. The first kappa shape index (κ1) is 18.2. The molecule has 0 saturated heterocycles. The van der Waals surface area contributed by atoms with Gasteiger partial charge in [-0.25, -0.2) is 4.79 Å². The molecule has 0 amide bonds. The summed E-state index contributed by atoms with van der Waals surface area (Å²) < 4.78 is 13.8. The number of fused-ring (bicyclic) bond motifs is 1. The number of hydrogen-bond acceptors (Lipinski definition) is 4. The Hall–Kier alpha value is -2.14. The SMILES string of the molecule is C=CC(=O)OCCCOc1cc(=S)n(CCCC)c2ccccc12. The van der Waals surface area contributed by atoms with Crippen molar-refractivity contribution in [2.75, 3.05) is 13.2 Å². The molecule has 2 rings (SSSR count). The lowest BCUT2D eigenvalue weighted by Gasteiger charge is -2.15. The fourth-order valence-electron chi connectivity index (χ4n) is 2.44. The molecule has 4 nitrogen and oxygen atoms in total. The molecule has 1 heterocycles. The van der Waals surface area contributed by atoms with Crippen molar-refractivity contribution in [3.63, 3.8) is 0 Å². The van der Waals surface area contributed by atoms with Gasteiger partial charge in [0, 0.05) is 30.5 Å². The third kappa shape index (κ3) is 4.68. The van der Waals surface area contributed by atoms with Crippen molar-refractivity contribution in [3.05, 3.63) is 47.6 Å². The number of unbranched alkanes of at least 4 members (excludes halogenated alkanes) is 1. The van der Waals surface area contributed by atoms with E-state index in [1.807, 2.05) is 24.3 Å². The number of benzene rings is 1. The molecule has 0 bridgehead atoms. The maximum Gasteiger partial charge on any atom is 0.330 e. The quantitative estimate of drug-likeness (QED) is 0.287. The van der Waals surface area contributed by atoms with Crippen LogP contribution in [0.4, 0.5) is 0 Å². The molecule has 0 fully saturated rings. The third-order valence-corrected chi connectivity index (χ3v) is 4.01. The number of aryl methyl sites for hydroxylation is 1. The second-order valence-corrected chi connectivity index (χ2v) is 5.86. The zero-order chi connectivity index (χ0) is 17.4. The summed E-state index contributed by atoms with van der Waals surface area (Å²) >= 11 is 5.53. The van der Waals surface area contributed by atoms with Gasteiger partial charge in [0.2, 0.25) is 0 Å². The lowest BCUT2D eigenvalue weighted by atomic mass is 10.2. The van der Waals surface area contributed by atoms with Crippen LogP contribution in [0.15, 0.2) is 43.0 Å². The number of hydrogen-bond donors (Lipinski definition) is 0. The van der Waals surface area contributed by atoms with E-state index < -0.39 is 5.97 Å². The number of pyridine rings is 1. The van der Waals surface area contributed by atoms with Crippen LogP contribution in [0, 0.1) is 4.64 Å². The average Bonchev–Trinajstić information content (AvgIpc) is 2.60. The van der Waals surface area contributed by atoms with Crippen molar-refractivity contribution in [3.8, 4) is 5.75 Å². The van der Waals surface area contributed by atoms with Crippen molar-refractivity contribution in [2.24, 2.45) is 0 Å². The summed E-state index contributed by atoms with van der Waals surface area (Å²) in [4.78, 5) is 11.0. The van der Waals surface area contributed by atoms with Crippen molar-refractivity contribution in [1.29, 1.82) is 0 Å². The summed E-state index contributed by atoms with van der Waals surface area (Å²) in [6, 6.07) is 10.0. The molecule has 0 spiro atoms. The second kappa shape index (κ2) is 9.23. The maximum atomic E-state index is 11.0. The molecular formula is C19H23NO3S. The van der Waals surface area contributed by atoms with E-state index in [0.29, 0.717) is 19.6 Å². The van der Waals surface area contributed by atoms with Crippen LogP contribution < -0.4 is 4.74 Å². The van der Waals surface area contributed by atoms with Gasteiger partial charge in [-0.15, -0.1) is 0 Å². The Labute approximate surface area is 147 Å². The number of para-hydroxylation sites is 1. The van der Waals surface area contributed by atoms with Gasteiger partial charge in [0.25, 0.3) is 0 Å². The van der Waals surface area contributed by atoms with Crippen LogP contribution in [-0.2, 0) is 16.1 Å². The largest absolute Gasteiger partial charge is 0.493 e. The summed E-state index contributed by atoms with van der Waals surface area (Å²) in [6.07, 6.45) is 3.99. The molecule has 0 aliphatic carbocycles. The van der Waals surface area contributed by atoms with Crippen LogP contribution in [0.5, 0.6) is 5.75 Å². The summed E-state index contributed by atoms with van der Waals surface area (Å²) in [5.74, 6) is 0.364. The summed E-state index contributed by atoms with van der Waals surface area (Å²) in [6.45, 7) is 7.21. The number of nitrogens with zero attached hydrogens (tertiary/aromatic N) is 1. The van der Waals surface area contributed by atoms with Gasteiger partial charge >= 0.3 is 5.97 Å². The van der Waals surface area contributed by atoms with Crippen LogP contribution >= 0.6 is 12.2 Å². The Morgan fingerprint density at radius 1 is 1.29 bits per heavy atom. The van der Waals surface area contributed by atoms with Crippen LogP contribution in [0.25, 0.3) is 10.9 Å².